The molecule has 1 amide bonds. The highest BCUT2D eigenvalue weighted by atomic mass is 16.6. The molecule has 0 aliphatic carbocycles. The van der Waals surface area contributed by atoms with Crippen LogP contribution in [0.2, 0.25) is 0 Å². The molecule has 84 valence electrons. The van der Waals surface area contributed by atoms with Gasteiger partial charge >= 0.3 is 6.09 Å². The fraction of sp³-hybridized carbons (Fsp3) is 0.600. The molecule has 0 atom stereocenters. The molecule has 0 aromatic carbocycles. The van der Waals surface area contributed by atoms with E-state index in [1.54, 1.807) is 6.20 Å². The van der Waals surface area contributed by atoms with Crippen LogP contribution < -0.4 is 5.32 Å². The van der Waals surface area contributed by atoms with Gasteiger partial charge in [-0.1, -0.05) is 0 Å². The molecule has 1 rings (SSSR count). The third kappa shape index (κ3) is 4.49. The molecule has 0 fully saturated rings. The number of carbonyl (C=O) groups excluding carboxylic acids is 1. The number of hydrogen-bond donors (Lipinski definition) is 2. The van der Waals surface area contributed by atoms with Gasteiger partial charge in [0.25, 0.3) is 0 Å². The van der Waals surface area contributed by atoms with Crippen LogP contribution >= 0.6 is 0 Å². The molecule has 0 bridgehead atoms. The minimum atomic E-state index is -0.469. The van der Waals surface area contributed by atoms with Gasteiger partial charge in [-0.2, -0.15) is 0 Å². The lowest BCUT2D eigenvalue weighted by Gasteiger charge is -2.19. The molecular weight excluding hydrogens is 194 g/mol. The number of nitrogens with zero attached hydrogens (tertiary/aromatic N) is 1. The van der Waals surface area contributed by atoms with Crippen molar-refractivity contribution < 1.29 is 9.53 Å². The van der Waals surface area contributed by atoms with Gasteiger partial charge in [-0.05, 0) is 27.7 Å². The first-order chi connectivity index (χ1) is 6.87. The number of aromatic nitrogens is 2. The lowest BCUT2D eigenvalue weighted by atomic mass is 10.2. The van der Waals surface area contributed by atoms with Crippen molar-refractivity contribution in [3.05, 3.63) is 17.7 Å². The van der Waals surface area contributed by atoms with Gasteiger partial charge in [-0.25, -0.2) is 9.78 Å². The van der Waals surface area contributed by atoms with Crippen LogP contribution in [0.1, 0.15) is 32.3 Å². The fourth-order valence-corrected chi connectivity index (χ4v) is 1.03. The van der Waals surface area contributed by atoms with Crippen LogP contribution in [-0.2, 0) is 11.3 Å². The van der Waals surface area contributed by atoms with Crippen LogP contribution in [0, 0.1) is 6.92 Å². The monoisotopic (exact) mass is 211 g/mol. The van der Waals surface area contributed by atoms with Crippen molar-refractivity contribution in [3.8, 4) is 0 Å². The molecular formula is C10H17N3O2. The molecule has 0 saturated heterocycles. The Morgan fingerprint density at radius 1 is 1.60 bits per heavy atom. The van der Waals surface area contributed by atoms with E-state index in [2.05, 4.69) is 15.3 Å². The highest BCUT2D eigenvalue weighted by Crippen LogP contribution is 2.06. The van der Waals surface area contributed by atoms with Crippen molar-refractivity contribution in [2.45, 2.75) is 39.8 Å². The summed E-state index contributed by atoms with van der Waals surface area (Å²) in [5, 5.41) is 2.61. The molecule has 0 aliphatic rings. The third-order valence-corrected chi connectivity index (χ3v) is 1.55. The molecule has 0 spiro atoms. The number of aryl methyl sites for hydroxylation is 1. The van der Waals surface area contributed by atoms with Gasteiger partial charge in [-0.3, -0.25) is 0 Å². The van der Waals surface area contributed by atoms with Gasteiger partial charge in [0, 0.05) is 11.9 Å². The van der Waals surface area contributed by atoms with Crippen molar-refractivity contribution in [2.75, 3.05) is 0 Å². The van der Waals surface area contributed by atoms with E-state index in [1.165, 1.54) is 0 Å². The summed E-state index contributed by atoms with van der Waals surface area (Å²) >= 11 is 0. The molecule has 0 radical (unpaired) electrons. The molecule has 15 heavy (non-hydrogen) atoms. The number of nitrogens with one attached hydrogen (secondary N) is 2. The number of alkyl carbamates (subject to hydrolysis) is 1. The smallest absolute Gasteiger partial charge is 0.408 e. The zero-order valence-electron chi connectivity index (χ0n) is 9.55. The van der Waals surface area contributed by atoms with Gasteiger partial charge in [0.05, 0.1) is 6.54 Å². The second-order valence-corrected chi connectivity index (χ2v) is 4.37. The molecule has 2 N–H and O–H groups in total. The standard InChI is InChI=1S/C10H17N3O2/c1-7-5-11-8(13-7)6-12-9(14)15-10(2,3)4/h5H,6H2,1-4H3,(H,11,13)(H,12,14). The number of rotatable bonds is 2. The van der Waals surface area contributed by atoms with E-state index in [-0.39, 0.29) is 0 Å². The van der Waals surface area contributed by atoms with E-state index in [9.17, 15) is 4.79 Å². The molecule has 5 heteroatoms. The maximum atomic E-state index is 11.3. The summed E-state index contributed by atoms with van der Waals surface area (Å²) in [4.78, 5) is 18.3. The summed E-state index contributed by atoms with van der Waals surface area (Å²) in [7, 11) is 0. The third-order valence-electron chi connectivity index (χ3n) is 1.55. The van der Waals surface area contributed by atoms with Crippen LogP contribution in [0.4, 0.5) is 4.79 Å². The normalized spacial score (nSPS) is 11.2. The van der Waals surface area contributed by atoms with Crippen molar-refractivity contribution in [3.63, 3.8) is 0 Å². The summed E-state index contributed by atoms with van der Waals surface area (Å²) in [6.07, 6.45) is 1.28. The van der Waals surface area contributed by atoms with Crippen LogP contribution in [0.25, 0.3) is 0 Å². The Morgan fingerprint density at radius 2 is 2.27 bits per heavy atom. The largest absolute Gasteiger partial charge is 0.444 e. The highest BCUT2D eigenvalue weighted by molar-refractivity contribution is 5.67. The van der Waals surface area contributed by atoms with Gasteiger partial charge in [-0.15, -0.1) is 0 Å². The second-order valence-electron chi connectivity index (χ2n) is 4.37. The molecule has 5 nitrogen and oxygen atoms in total. The lowest BCUT2D eigenvalue weighted by molar-refractivity contribution is 0.0522. The zero-order valence-corrected chi connectivity index (χ0v) is 9.55. The Hall–Kier alpha value is -1.52. The first-order valence-corrected chi connectivity index (χ1v) is 4.84. The van der Waals surface area contributed by atoms with Crippen molar-refractivity contribution >= 4 is 6.09 Å². The summed E-state index contributed by atoms with van der Waals surface area (Å²) < 4.78 is 5.07. The fourth-order valence-electron chi connectivity index (χ4n) is 1.03. The average molecular weight is 211 g/mol. The number of H-pyrrole nitrogens is 1. The summed E-state index contributed by atoms with van der Waals surface area (Å²) in [5.41, 5.74) is 0.499. The first kappa shape index (κ1) is 11.6. The summed E-state index contributed by atoms with van der Waals surface area (Å²) in [5.74, 6) is 0.721. The van der Waals surface area contributed by atoms with Gasteiger partial charge in [0.2, 0.25) is 0 Å². The lowest BCUT2D eigenvalue weighted by Crippen LogP contribution is -2.32. The van der Waals surface area contributed by atoms with Crippen molar-refractivity contribution in [2.24, 2.45) is 0 Å². The second kappa shape index (κ2) is 4.33. The Kier molecular flexibility index (Phi) is 3.34. The number of ether oxygens (including phenoxy) is 1. The van der Waals surface area contributed by atoms with Gasteiger partial charge in [0.1, 0.15) is 11.4 Å². The van der Waals surface area contributed by atoms with E-state index in [0.717, 1.165) is 11.5 Å². The summed E-state index contributed by atoms with van der Waals surface area (Å²) in [6.45, 7) is 7.73. The quantitative estimate of drug-likeness (QED) is 0.783. The molecule has 0 unspecified atom stereocenters. The van der Waals surface area contributed by atoms with E-state index < -0.39 is 11.7 Å². The van der Waals surface area contributed by atoms with Crippen molar-refractivity contribution in [1.29, 1.82) is 0 Å². The maximum absolute atomic E-state index is 11.3. The van der Waals surface area contributed by atoms with E-state index >= 15 is 0 Å². The average Bonchev–Trinajstić information content (AvgIpc) is 2.45. The van der Waals surface area contributed by atoms with Crippen LogP contribution in [0.15, 0.2) is 6.20 Å². The molecule has 1 heterocycles. The number of aromatic amines is 1. The molecule has 0 aliphatic heterocycles. The molecule has 1 aromatic rings. The Balaban J connectivity index is 2.35. The maximum Gasteiger partial charge on any atom is 0.408 e. The highest BCUT2D eigenvalue weighted by Gasteiger charge is 2.15. The van der Waals surface area contributed by atoms with Gasteiger partial charge < -0.3 is 15.0 Å². The first-order valence-electron chi connectivity index (χ1n) is 4.84. The van der Waals surface area contributed by atoms with Crippen molar-refractivity contribution in [1.82, 2.24) is 15.3 Å². The number of amides is 1. The SMILES string of the molecule is Cc1cnc(CNC(=O)OC(C)(C)C)[nH]1. The van der Waals surface area contributed by atoms with Crippen LogP contribution in [0.5, 0.6) is 0 Å². The van der Waals surface area contributed by atoms with Gasteiger partial charge in [0.15, 0.2) is 0 Å². The number of hydrogen-bond acceptors (Lipinski definition) is 3. The minimum absolute atomic E-state index is 0.350. The zero-order chi connectivity index (χ0) is 11.5. The Morgan fingerprint density at radius 3 is 2.73 bits per heavy atom. The predicted octanol–water partition coefficient (Wildman–Crippen LogP) is 1.74. The minimum Gasteiger partial charge on any atom is -0.444 e. The Labute approximate surface area is 89.2 Å². The van der Waals surface area contributed by atoms with E-state index in [0.29, 0.717) is 6.54 Å². The van der Waals surface area contributed by atoms with E-state index in [4.69, 9.17) is 4.74 Å². The van der Waals surface area contributed by atoms with Crippen LogP contribution in [0.3, 0.4) is 0 Å². The molecule has 1 aromatic heterocycles. The Bertz CT molecular complexity index is 339. The number of carbonyl (C=O) groups is 1. The number of imidazole rings is 1. The van der Waals surface area contributed by atoms with E-state index in [1.807, 2.05) is 27.7 Å². The topological polar surface area (TPSA) is 67.0 Å². The summed E-state index contributed by atoms with van der Waals surface area (Å²) in [6, 6.07) is 0. The van der Waals surface area contributed by atoms with Crippen LogP contribution in [-0.4, -0.2) is 21.7 Å². The molecule has 0 saturated carbocycles. The predicted molar refractivity (Wildman–Crippen MR) is 56.4 cm³/mol.